The van der Waals surface area contributed by atoms with E-state index in [1.54, 1.807) is 24.5 Å². The number of carboxylic acid groups (broad SMARTS) is 2. The number of piperidine rings is 1. The van der Waals surface area contributed by atoms with E-state index in [-0.39, 0.29) is 24.0 Å². The van der Waals surface area contributed by atoms with Crippen molar-refractivity contribution >= 4 is 17.8 Å². The van der Waals surface area contributed by atoms with Gasteiger partial charge in [0.25, 0.3) is 5.91 Å². The summed E-state index contributed by atoms with van der Waals surface area (Å²) in [6.45, 7) is 2.97. The lowest BCUT2D eigenvalue weighted by atomic mass is 9.73. The van der Waals surface area contributed by atoms with E-state index < -0.39 is 24.3 Å². The summed E-state index contributed by atoms with van der Waals surface area (Å²) in [5.41, 5.74) is 3.43. The van der Waals surface area contributed by atoms with E-state index in [1.165, 1.54) is 11.1 Å². The average molecular weight is 579 g/mol. The standard InChI is InChI=1S/C21H25N3O2.2C2HF3O2/c25-14-13-24-11-7-21(8-12-24)15-19(17-3-1-2-4-18(17)21)23-20(26)16-5-9-22-10-6-16;2*3-2(4,5)1(6)7/h1-6,9-10,19,25H,7-8,11-15H2,(H,23,26);2*(H,6,7). The molecule has 220 valence electrons. The minimum absolute atomic E-state index is 0.0398. The molecule has 1 aliphatic heterocycles. The first kappa shape index (κ1) is 32.5. The van der Waals surface area contributed by atoms with Crippen molar-refractivity contribution in [2.24, 2.45) is 0 Å². The number of aliphatic carboxylic acids is 2. The van der Waals surface area contributed by atoms with Crippen molar-refractivity contribution in [2.75, 3.05) is 26.2 Å². The molecule has 15 heteroatoms. The zero-order valence-corrected chi connectivity index (χ0v) is 20.9. The van der Waals surface area contributed by atoms with Gasteiger partial charge in [0.1, 0.15) is 0 Å². The van der Waals surface area contributed by atoms with Crippen LogP contribution in [0.2, 0.25) is 0 Å². The molecule has 0 saturated carbocycles. The van der Waals surface area contributed by atoms with Crippen LogP contribution in [0.15, 0.2) is 48.8 Å². The number of carboxylic acids is 2. The van der Waals surface area contributed by atoms with Crippen molar-refractivity contribution in [3.63, 3.8) is 0 Å². The van der Waals surface area contributed by atoms with Crippen molar-refractivity contribution in [3.8, 4) is 0 Å². The van der Waals surface area contributed by atoms with E-state index in [0.717, 1.165) is 38.9 Å². The second-order valence-electron chi connectivity index (χ2n) is 9.00. The number of alkyl halides is 6. The third-order valence-corrected chi connectivity index (χ3v) is 6.46. The van der Waals surface area contributed by atoms with E-state index >= 15 is 0 Å². The van der Waals surface area contributed by atoms with Crippen LogP contribution in [0.4, 0.5) is 26.3 Å². The summed E-state index contributed by atoms with van der Waals surface area (Å²) in [7, 11) is 0. The van der Waals surface area contributed by atoms with Gasteiger partial charge in [-0.1, -0.05) is 24.3 Å². The lowest BCUT2D eigenvalue weighted by Crippen LogP contribution is -2.43. The molecular weight excluding hydrogens is 552 g/mol. The number of nitrogens with zero attached hydrogens (tertiary/aromatic N) is 2. The monoisotopic (exact) mass is 579 g/mol. The molecule has 0 radical (unpaired) electrons. The number of hydrogen-bond donors (Lipinski definition) is 4. The predicted octanol–water partition coefficient (Wildman–Crippen LogP) is 3.55. The number of pyridine rings is 1. The summed E-state index contributed by atoms with van der Waals surface area (Å²) in [5, 5.41) is 26.7. The summed E-state index contributed by atoms with van der Waals surface area (Å²) in [4.78, 5) is 36.7. The lowest BCUT2D eigenvalue weighted by molar-refractivity contribution is -0.193. The number of rotatable bonds is 4. The Labute approximate surface area is 224 Å². The van der Waals surface area contributed by atoms with Crippen molar-refractivity contribution in [2.45, 2.75) is 43.1 Å². The first-order chi connectivity index (χ1) is 18.6. The first-order valence-corrected chi connectivity index (χ1v) is 11.8. The highest BCUT2D eigenvalue weighted by Crippen LogP contribution is 2.50. The second-order valence-corrected chi connectivity index (χ2v) is 9.00. The van der Waals surface area contributed by atoms with Gasteiger partial charge in [-0.3, -0.25) is 9.78 Å². The fraction of sp³-hybridized carbons (Fsp3) is 0.440. The molecule has 1 saturated heterocycles. The Morgan fingerprint density at radius 2 is 1.43 bits per heavy atom. The van der Waals surface area contributed by atoms with Gasteiger partial charge in [0, 0.05) is 29.9 Å². The van der Waals surface area contributed by atoms with Crippen molar-refractivity contribution in [1.29, 1.82) is 0 Å². The van der Waals surface area contributed by atoms with Crippen LogP contribution in [0.25, 0.3) is 0 Å². The summed E-state index contributed by atoms with van der Waals surface area (Å²) < 4.78 is 63.5. The van der Waals surface area contributed by atoms with E-state index in [4.69, 9.17) is 19.8 Å². The molecule has 4 rings (SSSR count). The van der Waals surface area contributed by atoms with E-state index in [1.807, 2.05) is 0 Å². The number of nitrogens with one attached hydrogen (secondary N) is 1. The molecule has 4 N–H and O–H groups in total. The van der Waals surface area contributed by atoms with Crippen molar-refractivity contribution < 1.29 is 56.0 Å². The van der Waals surface area contributed by atoms with Gasteiger partial charge in [-0.25, -0.2) is 9.59 Å². The summed E-state index contributed by atoms with van der Waals surface area (Å²) in [5.74, 6) is -5.55. The molecule has 1 atom stereocenters. The summed E-state index contributed by atoms with van der Waals surface area (Å²) in [6.07, 6.45) is -3.76. The number of likely N-dealkylation sites (tertiary alicyclic amines) is 1. The maximum Gasteiger partial charge on any atom is 0.490 e. The minimum Gasteiger partial charge on any atom is -0.475 e. The number of halogens is 6. The number of fused-ring (bicyclic) bond motifs is 2. The SMILES string of the molecule is O=C(NC1CC2(CCN(CCO)CC2)c2ccccc21)c1ccncc1.O=C(O)C(F)(F)F.O=C(O)C(F)(F)F. The molecule has 2 aliphatic rings. The van der Waals surface area contributed by atoms with Gasteiger partial charge in [-0.05, 0) is 55.6 Å². The number of hydrogen-bond acceptors (Lipinski definition) is 6. The van der Waals surface area contributed by atoms with Crippen molar-refractivity contribution in [1.82, 2.24) is 15.2 Å². The Hall–Kier alpha value is -3.72. The number of benzene rings is 1. The van der Waals surface area contributed by atoms with Crippen LogP contribution in [0, 0.1) is 0 Å². The highest BCUT2D eigenvalue weighted by molar-refractivity contribution is 5.94. The van der Waals surface area contributed by atoms with Crippen LogP contribution < -0.4 is 5.32 Å². The molecule has 1 fully saturated rings. The molecule has 2 heterocycles. The molecule has 40 heavy (non-hydrogen) atoms. The number of carbonyl (C=O) groups is 3. The van der Waals surface area contributed by atoms with Crippen molar-refractivity contribution in [3.05, 3.63) is 65.5 Å². The zero-order valence-electron chi connectivity index (χ0n) is 20.9. The maximum absolute atomic E-state index is 12.6. The van der Waals surface area contributed by atoms with Crippen LogP contribution >= 0.6 is 0 Å². The molecule has 1 aliphatic carbocycles. The average Bonchev–Trinajstić information content (AvgIpc) is 3.18. The fourth-order valence-corrected chi connectivity index (χ4v) is 4.59. The number of aliphatic hydroxyl groups excluding tert-OH is 1. The van der Waals surface area contributed by atoms with Gasteiger partial charge < -0.3 is 25.5 Å². The van der Waals surface area contributed by atoms with E-state index in [0.29, 0.717) is 5.56 Å². The van der Waals surface area contributed by atoms with E-state index in [2.05, 4.69) is 39.5 Å². The van der Waals surface area contributed by atoms with Gasteiger partial charge in [0.05, 0.1) is 12.6 Å². The molecule has 1 unspecified atom stereocenters. The van der Waals surface area contributed by atoms with Crippen LogP contribution in [0.1, 0.15) is 46.8 Å². The maximum atomic E-state index is 12.6. The minimum atomic E-state index is -5.08. The number of β-amino-alcohol motifs (C(OH)–C–C–N with tert-alkyl or cyclic N) is 1. The fourth-order valence-electron chi connectivity index (χ4n) is 4.59. The lowest BCUT2D eigenvalue weighted by Gasteiger charge is -2.40. The Morgan fingerprint density at radius 1 is 0.925 bits per heavy atom. The van der Waals surface area contributed by atoms with Crippen LogP contribution in [0.5, 0.6) is 0 Å². The normalized spacial score (nSPS) is 17.9. The second kappa shape index (κ2) is 13.6. The molecule has 1 aromatic heterocycles. The Morgan fingerprint density at radius 3 is 1.90 bits per heavy atom. The number of aromatic nitrogens is 1. The highest BCUT2D eigenvalue weighted by Gasteiger charge is 2.45. The Bertz CT molecular complexity index is 1130. The quantitative estimate of drug-likeness (QED) is 0.404. The van der Waals surface area contributed by atoms with Crippen LogP contribution in [-0.4, -0.2) is 81.6 Å². The van der Waals surface area contributed by atoms with E-state index in [9.17, 15) is 36.2 Å². The van der Waals surface area contributed by atoms with Crippen LogP contribution in [0.3, 0.4) is 0 Å². The number of aliphatic hydroxyl groups is 1. The van der Waals surface area contributed by atoms with Gasteiger partial charge >= 0.3 is 24.3 Å². The topological polar surface area (TPSA) is 140 Å². The van der Waals surface area contributed by atoms with Gasteiger partial charge in [-0.2, -0.15) is 26.3 Å². The molecule has 9 nitrogen and oxygen atoms in total. The smallest absolute Gasteiger partial charge is 0.475 e. The molecule has 1 aromatic carbocycles. The zero-order chi connectivity index (χ0) is 30.1. The molecule has 0 bridgehead atoms. The van der Waals surface area contributed by atoms with Crippen LogP contribution in [-0.2, 0) is 15.0 Å². The molecular formula is C25H27F6N3O6. The third kappa shape index (κ3) is 8.91. The summed E-state index contributed by atoms with van der Waals surface area (Å²) in [6, 6.07) is 12.1. The predicted molar refractivity (Wildman–Crippen MR) is 127 cm³/mol. The third-order valence-electron chi connectivity index (χ3n) is 6.46. The summed E-state index contributed by atoms with van der Waals surface area (Å²) >= 11 is 0. The first-order valence-electron chi connectivity index (χ1n) is 11.8. The molecule has 2 aromatic rings. The largest absolute Gasteiger partial charge is 0.490 e. The van der Waals surface area contributed by atoms with Gasteiger partial charge in [0.15, 0.2) is 0 Å². The number of amides is 1. The Balaban J connectivity index is 0.000000333. The Kier molecular flexibility index (Phi) is 11.0. The molecule has 1 amide bonds. The molecule has 1 spiro atoms. The van der Waals surface area contributed by atoms with Gasteiger partial charge in [0.2, 0.25) is 0 Å². The highest BCUT2D eigenvalue weighted by atomic mass is 19.4. The van der Waals surface area contributed by atoms with Gasteiger partial charge in [-0.15, -0.1) is 0 Å². The number of carbonyl (C=O) groups excluding carboxylic acids is 1.